The maximum atomic E-state index is 4.05. The second-order valence-electron chi connectivity index (χ2n) is 4.36. The van der Waals surface area contributed by atoms with Gasteiger partial charge in [0.05, 0.1) is 0 Å². The summed E-state index contributed by atoms with van der Waals surface area (Å²) in [5.74, 6) is 0.783. The van der Waals surface area contributed by atoms with E-state index in [0.29, 0.717) is 6.04 Å². The third-order valence-electron chi connectivity index (χ3n) is 2.72. The molecule has 0 heterocycles. The summed E-state index contributed by atoms with van der Waals surface area (Å²) in [7, 11) is 0. The number of hydrogen-bond acceptors (Lipinski definition) is 1. The Bertz CT molecular complexity index is 203. The van der Waals surface area contributed by atoms with Gasteiger partial charge in [-0.15, -0.1) is 0 Å². The van der Waals surface area contributed by atoms with Crippen LogP contribution in [0.2, 0.25) is 0 Å². The van der Waals surface area contributed by atoms with Gasteiger partial charge in [0, 0.05) is 6.04 Å². The maximum Gasteiger partial charge on any atom is 0.0320 e. The van der Waals surface area contributed by atoms with Crippen LogP contribution < -0.4 is 5.32 Å². The summed E-state index contributed by atoms with van der Waals surface area (Å²) < 4.78 is 0. The van der Waals surface area contributed by atoms with Gasteiger partial charge in [0.1, 0.15) is 0 Å². The van der Waals surface area contributed by atoms with Gasteiger partial charge in [0.25, 0.3) is 0 Å². The molecular weight excluding hydrogens is 158 g/mol. The van der Waals surface area contributed by atoms with E-state index in [4.69, 9.17) is 0 Å². The van der Waals surface area contributed by atoms with Crippen molar-refractivity contribution in [3.05, 3.63) is 24.3 Å². The van der Waals surface area contributed by atoms with Crippen LogP contribution in [0.25, 0.3) is 0 Å². The molecule has 1 saturated carbocycles. The predicted molar refractivity (Wildman–Crippen MR) is 58.8 cm³/mol. The zero-order valence-electron chi connectivity index (χ0n) is 8.90. The van der Waals surface area contributed by atoms with E-state index in [1.807, 2.05) is 0 Å². The highest BCUT2D eigenvalue weighted by atomic mass is 14.9. The van der Waals surface area contributed by atoms with E-state index < -0.39 is 0 Å². The van der Waals surface area contributed by atoms with Gasteiger partial charge < -0.3 is 5.32 Å². The average Bonchev–Trinajstić information content (AvgIpc) is 2.35. The van der Waals surface area contributed by atoms with Crippen LogP contribution in [0, 0.1) is 5.92 Å². The Balaban J connectivity index is 2.23. The Labute approximate surface area is 81.9 Å². The summed E-state index contributed by atoms with van der Waals surface area (Å²) in [6.45, 7) is 13.7. The van der Waals surface area contributed by atoms with Crippen LogP contribution in [0.4, 0.5) is 0 Å². The Hall–Kier alpha value is -0.560. The summed E-state index contributed by atoms with van der Waals surface area (Å²) in [5.41, 5.74) is 2.46. The highest BCUT2D eigenvalue weighted by Gasteiger charge is 2.21. The minimum absolute atomic E-state index is 0.506. The van der Waals surface area contributed by atoms with E-state index in [9.17, 15) is 0 Å². The van der Waals surface area contributed by atoms with E-state index in [2.05, 4.69) is 32.3 Å². The Morgan fingerprint density at radius 2 is 2.15 bits per heavy atom. The van der Waals surface area contributed by atoms with Crippen molar-refractivity contribution in [1.82, 2.24) is 5.32 Å². The molecule has 0 aromatic heterocycles. The monoisotopic (exact) mass is 179 g/mol. The first-order chi connectivity index (χ1) is 6.11. The van der Waals surface area contributed by atoms with E-state index in [0.717, 1.165) is 18.9 Å². The predicted octanol–water partition coefficient (Wildman–Crippen LogP) is 2.90. The molecule has 1 aliphatic rings. The molecule has 13 heavy (non-hydrogen) atoms. The van der Waals surface area contributed by atoms with E-state index in [1.54, 1.807) is 0 Å². The zero-order valence-corrected chi connectivity index (χ0v) is 8.90. The molecule has 1 nitrogen and oxygen atoms in total. The molecule has 1 aliphatic carbocycles. The second-order valence-corrected chi connectivity index (χ2v) is 4.36. The van der Waals surface area contributed by atoms with Crippen molar-refractivity contribution in [3.8, 4) is 0 Å². The van der Waals surface area contributed by atoms with Gasteiger partial charge in [-0.05, 0) is 37.3 Å². The topological polar surface area (TPSA) is 12.0 Å². The van der Waals surface area contributed by atoms with Gasteiger partial charge in [-0.1, -0.05) is 32.6 Å². The fourth-order valence-electron chi connectivity index (χ4n) is 1.67. The van der Waals surface area contributed by atoms with Crippen LogP contribution in [0.1, 0.15) is 33.1 Å². The molecule has 0 radical (unpaired) electrons. The van der Waals surface area contributed by atoms with Crippen LogP contribution in [-0.2, 0) is 0 Å². The smallest absolute Gasteiger partial charge is 0.0320 e. The van der Waals surface area contributed by atoms with Crippen molar-refractivity contribution in [3.63, 3.8) is 0 Å². The lowest BCUT2D eigenvalue weighted by Gasteiger charge is -2.14. The largest absolute Gasteiger partial charge is 0.310 e. The van der Waals surface area contributed by atoms with Gasteiger partial charge in [-0.2, -0.15) is 0 Å². The molecule has 1 N–H and O–H groups in total. The van der Waals surface area contributed by atoms with Crippen LogP contribution in [0.3, 0.4) is 0 Å². The fourth-order valence-corrected chi connectivity index (χ4v) is 1.67. The van der Waals surface area contributed by atoms with Crippen LogP contribution in [0.15, 0.2) is 24.3 Å². The lowest BCUT2D eigenvalue weighted by molar-refractivity contribution is 0.502. The van der Waals surface area contributed by atoms with Gasteiger partial charge >= 0.3 is 0 Å². The quantitative estimate of drug-likeness (QED) is 0.699. The molecular formula is C12H21N. The van der Waals surface area contributed by atoms with Gasteiger partial charge in [-0.25, -0.2) is 0 Å². The fraction of sp³-hybridized carbons (Fsp3) is 0.667. The molecule has 1 heteroatoms. The molecule has 0 aromatic carbocycles. The molecule has 1 fully saturated rings. The minimum Gasteiger partial charge on any atom is -0.310 e. The van der Waals surface area contributed by atoms with Gasteiger partial charge in [0.15, 0.2) is 0 Å². The van der Waals surface area contributed by atoms with Crippen molar-refractivity contribution in [2.75, 3.05) is 6.54 Å². The first-order valence-corrected chi connectivity index (χ1v) is 5.21. The molecule has 0 saturated heterocycles. The molecule has 74 valence electrons. The molecule has 0 spiro atoms. The van der Waals surface area contributed by atoms with E-state index in [-0.39, 0.29) is 0 Å². The molecule has 0 aromatic rings. The third kappa shape index (κ3) is 3.00. The summed E-state index contributed by atoms with van der Waals surface area (Å²) in [6.07, 6.45) is 3.56. The Morgan fingerprint density at radius 1 is 1.46 bits per heavy atom. The zero-order chi connectivity index (χ0) is 9.84. The standard InChI is InChI=1S/C12H21N/c1-9(2)7-8-13-12-6-5-10(3)11(12)4/h9,12-13H,3-8H2,1-2H3. The summed E-state index contributed by atoms with van der Waals surface area (Å²) >= 11 is 0. The van der Waals surface area contributed by atoms with E-state index in [1.165, 1.54) is 24.0 Å². The van der Waals surface area contributed by atoms with E-state index >= 15 is 0 Å². The molecule has 1 unspecified atom stereocenters. The number of nitrogens with one attached hydrogen (secondary N) is 1. The Kier molecular flexibility index (Phi) is 3.73. The average molecular weight is 179 g/mol. The highest BCUT2D eigenvalue weighted by Crippen LogP contribution is 2.27. The molecule has 0 amide bonds. The van der Waals surface area contributed by atoms with Gasteiger partial charge in [-0.3, -0.25) is 0 Å². The minimum atomic E-state index is 0.506. The molecule has 0 bridgehead atoms. The van der Waals surface area contributed by atoms with Crippen molar-refractivity contribution < 1.29 is 0 Å². The maximum absolute atomic E-state index is 4.05. The van der Waals surface area contributed by atoms with Crippen molar-refractivity contribution >= 4 is 0 Å². The summed E-state index contributed by atoms with van der Waals surface area (Å²) in [4.78, 5) is 0. The van der Waals surface area contributed by atoms with Gasteiger partial charge in [0.2, 0.25) is 0 Å². The third-order valence-corrected chi connectivity index (χ3v) is 2.72. The van der Waals surface area contributed by atoms with Crippen molar-refractivity contribution in [2.45, 2.75) is 39.2 Å². The highest BCUT2D eigenvalue weighted by molar-refractivity contribution is 5.35. The normalized spacial score (nSPS) is 23.2. The summed E-state index contributed by atoms with van der Waals surface area (Å²) in [6, 6.07) is 0.506. The lowest BCUT2D eigenvalue weighted by Crippen LogP contribution is -2.29. The first-order valence-electron chi connectivity index (χ1n) is 5.21. The number of hydrogen-bond donors (Lipinski definition) is 1. The molecule has 1 atom stereocenters. The summed E-state index contributed by atoms with van der Waals surface area (Å²) in [5, 5.41) is 3.53. The SMILES string of the molecule is C=C1CCC(NCCC(C)C)C1=C. The van der Waals surface area contributed by atoms with Crippen molar-refractivity contribution in [1.29, 1.82) is 0 Å². The molecule has 0 aliphatic heterocycles. The van der Waals surface area contributed by atoms with Crippen molar-refractivity contribution in [2.24, 2.45) is 5.92 Å². The first kappa shape index (κ1) is 10.5. The Morgan fingerprint density at radius 3 is 2.62 bits per heavy atom. The number of rotatable bonds is 4. The second kappa shape index (κ2) is 4.61. The lowest BCUT2D eigenvalue weighted by atomic mass is 10.1. The van der Waals surface area contributed by atoms with Crippen LogP contribution in [-0.4, -0.2) is 12.6 Å². The van der Waals surface area contributed by atoms with Crippen LogP contribution in [0.5, 0.6) is 0 Å². The molecule has 1 rings (SSSR count). The van der Waals surface area contributed by atoms with Crippen LogP contribution >= 0.6 is 0 Å².